The maximum absolute atomic E-state index is 5.49. The molecule has 0 bridgehead atoms. The largest absolute Gasteiger partial charge is 0.497 e. The van der Waals surface area contributed by atoms with Gasteiger partial charge in [-0.05, 0) is 24.1 Å². The van der Waals surface area contributed by atoms with Gasteiger partial charge < -0.3 is 9.47 Å². The first kappa shape index (κ1) is 11.8. The lowest BCUT2D eigenvalue weighted by molar-refractivity contribution is 0.122. The molecule has 0 N–H and O–H groups in total. The highest BCUT2D eigenvalue weighted by molar-refractivity contribution is 14.1. The molecule has 14 heavy (non-hydrogen) atoms. The van der Waals surface area contributed by atoms with Crippen LogP contribution in [0.3, 0.4) is 0 Å². The van der Waals surface area contributed by atoms with E-state index in [0.29, 0.717) is 6.61 Å². The summed E-state index contributed by atoms with van der Waals surface area (Å²) >= 11 is 2.35. The van der Waals surface area contributed by atoms with Gasteiger partial charge in [0.1, 0.15) is 5.75 Å². The van der Waals surface area contributed by atoms with Crippen molar-refractivity contribution in [2.75, 3.05) is 18.1 Å². The Hall–Kier alpha value is -0.290. The third-order valence-electron chi connectivity index (χ3n) is 1.85. The highest BCUT2D eigenvalue weighted by Gasteiger charge is 1.94. The second kappa shape index (κ2) is 7.06. The first-order valence-electron chi connectivity index (χ1n) is 4.63. The molecule has 0 radical (unpaired) electrons. The predicted molar refractivity (Wildman–Crippen MR) is 66.2 cm³/mol. The molecule has 0 aliphatic heterocycles. The van der Waals surface area contributed by atoms with Crippen molar-refractivity contribution in [3.05, 3.63) is 29.8 Å². The number of rotatable bonds is 6. The molecule has 3 heteroatoms. The van der Waals surface area contributed by atoms with Crippen molar-refractivity contribution in [3.8, 4) is 5.75 Å². The van der Waals surface area contributed by atoms with Gasteiger partial charge in [-0.15, -0.1) is 0 Å². The topological polar surface area (TPSA) is 18.5 Å². The number of alkyl halides is 1. The second-order valence-corrected chi connectivity index (χ2v) is 4.02. The van der Waals surface area contributed by atoms with E-state index in [1.807, 2.05) is 24.3 Å². The third kappa shape index (κ3) is 4.28. The molecule has 0 spiro atoms. The van der Waals surface area contributed by atoms with Crippen molar-refractivity contribution >= 4 is 22.6 Å². The molecule has 0 unspecified atom stereocenters. The minimum atomic E-state index is 0.695. The zero-order chi connectivity index (χ0) is 10.2. The van der Waals surface area contributed by atoms with Crippen LogP contribution in [0.5, 0.6) is 5.75 Å². The van der Waals surface area contributed by atoms with Crippen molar-refractivity contribution in [2.24, 2.45) is 0 Å². The summed E-state index contributed by atoms with van der Waals surface area (Å²) in [6, 6.07) is 7.97. The van der Waals surface area contributed by atoms with Crippen LogP contribution in [0.25, 0.3) is 0 Å². The van der Waals surface area contributed by atoms with Crippen LogP contribution in [0.15, 0.2) is 24.3 Å². The number of halogens is 1. The fraction of sp³-hybridized carbons (Fsp3) is 0.455. The maximum atomic E-state index is 5.49. The smallest absolute Gasteiger partial charge is 0.118 e. The van der Waals surface area contributed by atoms with Gasteiger partial charge in [-0.3, -0.25) is 0 Å². The van der Waals surface area contributed by atoms with Crippen molar-refractivity contribution < 1.29 is 9.47 Å². The van der Waals surface area contributed by atoms with Gasteiger partial charge in [0.2, 0.25) is 0 Å². The molecule has 0 saturated heterocycles. The molecule has 0 saturated carbocycles. The molecular formula is C11H15IO2. The molecule has 0 aliphatic rings. The highest BCUT2D eigenvalue weighted by Crippen LogP contribution is 2.11. The number of hydrogen-bond donors (Lipinski definition) is 0. The summed E-state index contributed by atoms with van der Waals surface area (Å²) in [5.74, 6) is 0.890. The van der Waals surface area contributed by atoms with Gasteiger partial charge in [0.15, 0.2) is 0 Å². The van der Waals surface area contributed by atoms with Gasteiger partial charge in [0, 0.05) is 11.0 Å². The van der Waals surface area contributed by atoms with Crippen molar-refractivity contribution in [1.29, 1.82) is 0 Å². The van der Waals surface area contributed by atoms with Crippen LogP contribution in [0.2, 0.25) is 0 Å². The number of methoxy groups -OCH3 is 1. The summed E-state index contributed by atoms with van der Waals surface area (Å²) in [5, 5.41) is 0. The van der Waals surface area contributed by atoms with Gasteiger partial charge in [-0.2, -0.15) is 0 Å². The average molecular weight is 306 g/mol. The fourth-order valence-electron chi connectivity index (χ4n) is 1.07. The Kier molecular flexibility index (Phi) is 5.94. The van der Waals surface area contributed by atoms with Gasteiger partial charge >= 0.3 is 0 Å². The van der Waals surface area contributed by atoms with E-state index >= 15 is 0 Å². The molecule has 0 amide bonds. The first-order valence-corrected chi connectivity index (χ1v) is 6.16. The molecule has 2 nitrogen and oxygen atoms in total. The molecule has 1 rings (SSSR count). The van der Waals surface area contributed by atoms with Crippen LogP contribution in [-0.2, 0) is 11.3 Å². The van der Waals surface area contributed by atoms with Gasteiger partial charge in [0.05, 0.1) is 13.7 Å². The zero-order valence-electron chi connectivity index (χ0n) is 8.33. The lowest BCUT2D eigenvalue weighted by atomic mass is 10.2. The summed E-state index contributed by atoms with van der Waals surface area (Å²) in [6.07, 6.45) is 1.12. The Morgan fingerprint density at radius 2 is 1.93 bits per heavy atom. The van der Waals surface area contributed by atoms with E-state index in [2.05, 4.69) is 22.6 Å². The van der Waals surface area contributed by atoms with Crippen molar-refractivity contribution in [1.82, 2.24) is 0 Å². The van der Waals surface area contributed by atoms with E-state index in [1.165, 1.54) is 5.56 Å². The lowest BCUT2D eigenvalue weighted by Crippen LogP contribution is -1.95. The normalized spacial score (nSPS) is 10.1. The van der Waals surface area contributed by atoms with E-state index < -0.39 is 0 Å². The molecule has 1 aromatic carbocycles. The van der Waals surface area contributed by atoms with E-state index in [0.717, 1.165) is 23.2 Å². The minimum Gasteiger partial charge on any atom is -0.497 e. The summed E-state index contributed by atoms with van der Waals surface area (Å²) in [4.78, 5) is 0. The van der Waals surface area contributed by atoms with E-state index in [9.17, 15) is 0 Å². The van der Waals surface area contributed by atoms with E-state index in [4.69, 9.17) is 9.47 Å². The first-order chi connectivity index (χ1) is 6.86. The van der Waals surface area contributed by atoms with Crippen LogP contribution < -0.4 is 4.74 Å². The summed E-state index contributed by atoms with van der Waals surface area (Å²) < 4.78 is 11.7. The monoisotopic (exact) mass is 306 g/mol. The zero-order valence-corrected chi connectivity index (χ0v) is 10.5. The second-order valence-electron chi connectivity index (χ2n) is 2.94. The molecule has 0 aromatic heterocycles. The van der Waals surface area contributed by atoms with E-state index in [-0.39, 0.29) is 0 Å². The molecule has 0 aliphatic carbocycles. The Morgan fingerprint density at radius 3 is 2.50 bits per heavy atom. The van der Waals surface area contributed by atoms with Crippen molar-refractivity contribution in [3.63, 3.8) is 0 Å². The van der Waals surface area contributed by atoms with Crippen LogP contribution in [0.1, 0.15) is 12.0 Å². The van der Waals surface area contributed by atoms with Gasteiger partial charge in [-0.1, -0.05) is 34.7 Å². The third-order valence-corrected chi connectivity index (χ3v) is 2.61. The maximum Gasteiger partial charge on any atom is 0.118 e. The van der Waals surface area contributed by atoms with Crippen LogP contribution >= 0.6 is 22.6 Å². The molecule has 78 valence electrons. The Balaban J connectivity index is 2.29. The van der Waals surface area contributed by atoms with Gasteiger partial charge in [-0.25, -0.2) is 0 Å². The Labute approximate surface area is 98.7 Å². The Morgan fingerprint density at radius 1 is 1.21 bits per heavy atom. The fourth-order valence-corrected chi connectivity index (χ4v) is 1.38. The number of ether oxygens (including phenoxy) is 2. The molecule has 0 atom stereocenters. The van der Waals surface area contributed by atoms with Crippen LogP contribution in [-0.4, -0.2) is 18.1 Å². The molecular weight excluding hydrogens is 291 g/mol. The van der Waals surface area contributed by atoms with Gasteiger partial charge in [0.25, 0.3) is 0 Å². The lowest BCUT2D eigenvalue weighted by Gasteiger charge is -2.04. The number of hydrogen-bond acceptors (Lipinski definition) is 2. The molecule has 0 fully saturated rings. The van der Waals surface area contributed by atoms with E-state index in [1.54, 1.807) is 7.11 Å². The summed E-state index contributed by atoms with van der Waals surface area (Å²) in [6.45, 7) is 1.54. The quantitative estimate of drug-likeness (QED) is 0.457. The Bertz CT molecular complexity index is 246. The highest BCUT2D eigenvalue weighted by atomic mass is 127. The van der Waals surface area contributed by atoms with Crippen molar-refractivity contribution in [2.45, 2.75) is 13.0 Å². The SMILES string of the molecule is COc1ccc(COCCCI)cc1. The molecule has 1 aromatic rings. The summed E-state index contributed by atoms with van der Waals surface area (Å²) in [5.41, 5.74) is 1.19. The van der Waals surface area contributed by atoms with Crippen LogP contribution in [0, 0.1) is 0 Å². The predicted octanol–water partition coefficient (Wildman–Crippen LogP) is 3.04. The standard InChI is InChI=1S/C11H15IO2/c1-13-11-5-3-10(4-6-11)9-14-8-2-7-12/h3-6H,2,7-9H2,1H3. The molecule has 0 heterocycles. The average Bonchev–Trinajstić information content (AvgIpc) is 2.25. The number of benzene rings is 1. The summed E-state index contributed by atoms with van der Waals surface area (Å²) in [7, 11) is 1.67. The minimum absolute atomic E-state index is 0.695. The van der Waals surface area contributed by atoms with Crippen LogP contribution in [0.4, 0.5) is 0 Å².